The van der Waals surface area contributed by atoms with Crippen LogP contribution < -0.4 is 0 Å². The van der Waals surface area contributed by atoms with Gasteiger partial charge in [0.2, 0.25) is 0 Å². The molecule has 0 unspecified atom stereocenters. The Bertz CT molecular complexity index is 1210. The fourth-order valence-electron chi connectivity index (χ4n) is 2.78. The van der Waals surface area contributed by atoms with Gasteiger partial charge in [0.15, 0.2) is 17.3 Å². The van der Waals surface area contributed by atoms with E-state index in [-0.39, 0.29) is 5.69 Å². The van der Waals surface area contributed by atoms with Crippen LogP contribution in [0.4, 0.5) is 22.0 Å². The summed E-state index contributed by atoms with van der Waals surface area (Å²) in [5.41, 5.74) is -6.05. The van der Waals surface area contributed by atoms with E-state index in [0.29, 0.717) is 18.2 Å². The Morgan fingerprint density at radius 2 is 1.89 bits per heavy atom. The third-order valence-corrected chi connectivity index (χ3v) is 4.05. The highest BCUT2D eigenvalue weighted by atomic mass is 19.4. The Labute approximate surface area is 159 Å². The van der Waals surface area contributed by atoms with E-state index < -0.39 is 76.2 Å². The fraction of sp³-hybridized carbons (Fsp3) is 0.158. The number of halogens is 5. The molecule has 0 radical (unpaired) electrons. The molecule has 3 rings (SSSR count). The molecule has 0 bridgehead atoms. The van der Waals surface area contributed by atoms with Gasteiger partial charge in [-0.25, -0.2) is 13.8 Å². The Kier molecular flexibility index (Phi) is 3.70. The highest BCUT2D eigenvalue weighted by molar-refractivity contribution is 6.26. The quantitative estimate of drug-likeness (QED) is 0.715. The molecule has 142 valence electrons. The second-order valence-electron chi connectivity index (χ2n) is 5.81. The predicted molar refractivity (Wildman–Crippen MR) is 85.4 cm³/mol. The minimum Gasteiger partial charge on any atom is -0.289 e. The molecule has 1 aliphatic carbocycles. The molecule has 0 N–H and O–H groups in total. The molecule has 1 aromatic carbocycles. The Balaban J connectivity index is 2.20. The molecule has 0 atom stereocenters. The van der Waals surface area contributed by atoms with Gasteiger partial charge in [0.1, 0.15) is 17.7 Å². The first kappa shape index (κ1) is 15.6. The maximum Gasteiger partial charge on any atom is 0.419 e. The normalized spacial score (nSPS) is 16.2. The van der Waals surface area contributed by atoms with Gasteiger partial charge in [0, 0.05) is 39.0 Å². The molecule has 0 amide bonds. The third-order valence-electron chi connectivity index (χ3n) is 4.05. The van der Waals surface area contributed by atoms with Crippen molar-refractivity contribution in [1.29, 1.82) is 5.26 Å². The number of alkyl halides is 3. The summed E-state index contributed by atoms with van der Waals surface area (Å²) in [6, 6.07) is 3.46. The van der Waals surface area contributed by atoms with Crippen LogP contribution in [0.1, 0.15) is 48.6 Å². The monoisotopic (exact) mass is 395 g/mol. The van der Waals surface area contributed by atoms with Gasteiger partial charge in [-0.05, 0) is 25.1 Å². The largest absolute Gasteiger partial charge is 0.419 e. The third kappa shape index (κ3) is 3.17. The summed E-state index contributed by atoms with van der Waals surface area (Å²) in [6.45, 7) is -3.17. The number of rotatable bonds is 2. The molecule has 1 aliphatic rings. The first-order valence-corrected chi connectivity index (χ1v) is 7.55. The zero-order valence-corrected chi connectivity index (χ0v) is 13.6. The van der Waals surface area contributed by atoms with E-state index in [1.54, 1.807) is 0 Å². The molecule has 4 nitrogen and oxygen atoms in total. The molecule has 0 aliphatic heterocycles. The number of pyridine rings is 1. The van der Waals surface area contributed by atoms with Gasteiger partial charge in [-0.1, -0.05) is 0 Å². The van der Waals surface area contributed by atoms with E-state index in [9.17, 15) is 31.5 Å². The van der Waals surface area contributed by atoms with E-state index in [1.165, 1.54) is 6.07 Å². The van der Waals surface area contributed by atoms with Gasteiger partial charge >= 0.3 is 6.18 Å². The van der Waals surface area contributed by atoms with Crippen molar-refractivity contribution in [2.75, 3.05) is 0 Å². The van der Waals surface area contributed by atoms with Crippen LogP contribution in [0.15, 0.2) is 35.4 Å². The summed E-state index contributed by atoms with van der Waals surface area (Å²) < 4.78 is 89.4. The number of aromatic nitrogens is 1. The molecule has 0 saturated carbocycles. The van der Waals surface area contributed by atoms with Gasteiger partial charge < -0.3 is 0 Å². The van der Waals surface area contributed by atoms with Crippen LogP contribution in [0.5, 0.6) is 0 Å². The van der Waals surface area contributed by atoms with E-state index in [4.69, 9.17) is 9.37 Å². The van der Waals surface area contributed by atoms with Crippen molar-refractivity contribution >= 4 is 11.6 Å². The van der Waals surface area contributed by atoms with Crippen molar-refractivity contribution in [3.05, 3.63) is 75.1 Å². The standard InChI is InChI=1S/C19H9F5N2O2/c1-8-11(6-10-2-3-13(19(22,23)24)15(7-25)26-10)18(28)16-12(17(8)27)4-9(20)5-14(16)21/h2-5H,6H2,1H3/i1D3. The number of Topliss-reactive ketones (excluding diaryl/α,β-unsaturated/α-hetero) is 2. The van der Waals surface area contributed by atoms with E-state index in [1.807, 2.05) is 0 Å². The number of hydrogen-bond acceptors (Lipinski definition) is 4. The number of fused-ring (bicyclic) bond motifs is 1. The number of allylic oxidation sites excluding steroid dienone is 2. The minimum atomic E-state index is -4.89. The van der Waals surface area contributed by atoms with Gasteiger partial charge in [0.25, 0.3) is 0 Å². The van der Waals surface area contributed by atoms with Crippen molar-refractivity contribution < 1.29 is 35.7 Å². The molecular weight excluding hydrogens is 383 g/mol. The van der Waals surface area contributed by atoms with Crippen LogP contribution in [0.3, 0.4) is 0 Å². The molecule has 28 heavy (non-hydrogen) atoms. The zero-order chi connectivity index (χ0) is 23.3. The van der Waals surface area contributed by atoms with Gasteiger partial charge in [0.05, 0.1) is 11.1 Å². The number of ketones is 2. The smallest absolute Gasteiger partial charge is 0.289 e. The maximum atomic E-state index is 14.2. The number of nitriles is 1. The minimum absolute atomic E-state index is 0.326. The second kappa shape index (κ2) is 6.64. The lowest BCUT2D eigenvalue weighted by Gasteiger charge is -2.20. The summed E-state index contributed by atoms with van der Waals surface area (Å²) in [7, 11) is 0. The molecule has 0 spiro atoms. The van der Waals surface area contributed by atoms with Crippen LogP contribution in [0, 0.1) is 23.0 Å². The van der Waals surface area contributed by atoms with Crippen molar-refractivity contribution in [1.82, 2.24) is 4.98 Å². The average Bonchev–Trinajstić information content (AvgIpc) is 2.63. The number of carbonyl (C=O) groups is 2. The summed E-state index contributed by atoms with van der Waals surface area (Å²) in [5, 5.41) is 8.96. The predicted octanol–water partition coefficient (Wildman–Crippen LogP) is 4.19. The number of hydrogen-bond donors (Lipinski definition) is 0. The molecular formula is C19H9F5N2O2. The van der Waals surface area contributed by atoms with Gasteiger partial charge in [-0.2, -0.15) is 18.4 Å². The lowest BCUT2D eigenvalue weighted by atomic mass is 9.82. The highest BCUT2D eigenvalue weighted by Gasteiger charge is 2.36. The Morgan fingerprint density at radius 3 is 2.50 bits per heavy atom. The summed E-state index contributed by atoms with van der Waals surface area (Å²) in [6.07, 6.45) is -5.65. The topological polar surface area (TPSA) is 70.8 Å². The van der Waals surface area contributed by atoms with Crippen molar-refractivity contribution in [2.45, 2.75) is 19.4 Å². The summed E-state index contributed by atoms with van der Waals surface area (Å²) in [4.78, 5) is 29.0. The Morgan fingerprint density at radius 1 is 1.18 bits per heavy atom. The molecule has 9 heteroatoms. The molecule has 0 saturated heterocycles. The van der Waals surface area contributed by atoms with E-state index in [2.05, 4.69) is 4.98 Å². The maximum absolute atomic E-state index is 14.2. The van der Waals surface area contributed by atoms with Crippen LogP contribution in [-0.2, 0) is 12.6 Å². The highest BCUT2D eigenvalue weighted by Crippen LogP contribution is 2.33. The SMILES string of the molecule is [2H]C([2H])([2H])C1=C(Cc2ccc(C(F)(F)F)c(C#N)n2)C(=O)c2c(F)cc(F)cc2C1=O. The van der Waals surface area contributed by atoms with Crippen LogP contribution in [0.25, 0.3) is 0 Å². The van der Waals surface area contributed by atoms with Crippen LogP contribution in [-0.4, -0.2) is 16.6 Å². The van der Waals surface area contributed by atoms with Crippen LogP contribution >= 0.6 is 0 Å². The molecule has 1 aromatic heterocycles. The van der Waals surface area contributed by atoms with Gasteiger partial charge in [-0.3, -0.25) is 9.59 Å². The molecule has 2 aromatic rings. The lowest BCUT2D eigenvalue weighted by molar-refractivity contribution is -0.138. The van der Waals surface area contributed by atoms with Gasteiger partial charge in [-0.15, -0.1) is 0 Å². The lowest BCUT2D eigenvalue weighted by Crippen LogP contribution is -2.24. The van der Waals surface area contributed by atoms with Crippen molar-refractivity contribution in [3.8, 4) is 6.07 Å². The average molecular weight is 395 g/mol. The van der Waals surface area contributed by atoms with E-state index >= 15 is 0 Å². The van der Waals surface area contributed by atoms with Crippen molar-refractivity contribution in [2.24, 2.45) is 0 Å². The number of nitrogens with zero attached hydrogens (tertiary/aromatic N) is 2. The number of carbonyl (C=O) groups excluding carboxylic acids is 2. The summed E-state index contributed by atoms with van der Waals surface area (Å²) >= 11 is 0. The fourth-order valence-corrected chi connectivity index (χ4v) is 2.78. The molecule has 0 fully saturated rings. The summed E-state index contributed by atoms with van der Waals surface area (Å²) in [5.74, 6) is -5.14. The molecule has 1 heterocycles. The van der Waals surface area contributed by atoms with Crippen molar-refractivity contribution in [3.63, 3.8) is 0 Å². The second-order valence-corrected chi connectivity index (χ2v) is 5.81. The zero-order valence-electron chi connectivity index (χ0n) is 16.6. The van der Waals surface area contributed by atoms with E-state index in [0.717, 1.165) is 6.07 Å². The Hall–Kier alpha value is -3.41. The first-order chi connectivity index (χ1) is 14.3. The number of benzene rings is 1. The van der Waals surface area contributed by atoms with Crippen LogP contribution in [0.2, 0.25) is 0 Å². The first-order valence-electron chi connectivity index (χ1n) is 9.05.